The summed E-state index contributed by atoms with van der Waals surface area (Å²) in [4.78, 5) is 4.36. The number of pyridine rings is 1. The molecule has 0 spiro atoms. The van der Waals surface area contributed by atoms with Crippen LogP contribution in [0.2, 0.25) is 0 Å². The van der Waals surface area contributed by atoms with Crippen molar-refractivity contribution in [3.63, 3.8) is 0 Å². The molecule has 0 saturated carbocycles. The monoisotopic (exact) mass is 284 g/mol. The van der Waals surface area contributed by atoms with Crippen LogP contribution in [0.3, 0.4) is 0 Å². The van der Waals surface area contributed by atoms with Crippen LogP contribution in [0.25, 0.3) is 0 Å². The Morgan fingerprint density at radius 2 is 2.12 bits per heavy atom. The Balaban J connectivity index is 2.05. The first-order valence-electron chi connectivity index (χ1n) is 5.99. The molecule has 0 aliphatic heterocycles. The zero-order chi connectivity index (χ0) is 11.8. The molecule has 0 unspecified atom stereocenters. The molecule has 3 heteroatoms. The summed E-state index contributed by atoms with van der Waals surface area (Å²) >= 11 is 3.39. The zero-order valence-corrected chi connectivity index (χ0v) is 11.8. The van der Waals surface area contributed by atoms with Gasteiger partial charge in [-0.05, 0) is 66.3 Å². The minimum Gasteiger partial charge on any atom is -0.316 e. The smallest absolute Gasteiger partial charge is 0.0413 e. The fourth-order valence-electron chi connectivity index (χ4n) is 1.50. The van der Waals surface area contributed by atoms with Crippen molar-refractivity contribution in [3.8, 4) is 0 Å². The Labute approximate surface area is 107 Å². The van der Waals surface area contributed by atoms with Crippen molar-refractivity contribution in [2.45, 2.75) is 33.1 Å². The van der Waals surface area contributed by atoms with Crippen LogP contribution in [0.1, 0.15) is 32.4 Å². The second-order valence-electron chi connectivity index (χ2n) is 4.52. The van der Waals surface area contributed by atoms with E-state index < -0.39 is 0 Å². The van der Waals surface area contributed by atoms with Gasteiger partial charge in [0.1, 0.15) is 0 Å². The highest BCUT2D eigenvalue weighted by atomic mass is 79.9. The Bertz CT molecular complexity index is 282. The number of rotatable bonds is 7. The van der Waals surface area contributed by atoms with E-state index in [2.05, 4.69) is 52.2 Å². The number of aromatic nitrogens is 1. The minimum atomic E-state index is 0.744. The van der Waals surface area contributed by atoms with E-state index in [0.717, 1.165) is 29.9 Å². The standard InChI is InChI=1S/C13H21BrN2/c1-11(2)9-15-8-4-3-5-13-7-6-12(14)10-16-13/h6-7,10-11,15H,3-5,8-9H2,1-2H3. The molecule has 90 valence electrons. The first-order valence-corrected chi connectivity index (χ1v) is 6.79. The van der Waals surface area contributed by atoms with Gasteiger partial charge < -0.3 is 5.32 Å². The lowest BCUT2D eigenvalue weighted by Crippen LogP contribution is -2.20. The van der Waals surface area contributed by atoms with E-state index in [9.17, 15) is 0 Å². The predicted molar refractivity (Wildman–Crippen MR) is 72.6 cm³/mol. The normalized spacial score (nSPS) is 11.0. The molecule has 16 heavy (non-hydrogen) atoms. The molecule has 1 N–H and O–H groups in total. The molecule has 0 saturated heterocycles. The lowest BCUT2D eigenvalue weighted by molar-refractivity contribution is 0.535. The van der Waals surface area contributed by atoms with Crippen molar-refractivity contribution >= 4 is 15.9 Å². The fraction of sp³-hybridized carbons (Fsp3) is 0.615. The molecule has 0 aromatic carbocycles. The highest BCUT2D eigenvalue weighted by Crippen LogP contribution is 2.09. The van der Waals surface area contributed by atoms with Crippen molar-refractivity contribution in [1.82, 2.24) is 10.3 Å². The molecule has 1 rings (SSSR count). The van der Waals surface area contributed by atoms with Gasteiger partial charge in [-0.3, -0.25) is 4.98 Å². The van der Waals surface area contributed by atoms with Crippen molar-refractivity contribution in [1.29, 1.82) is 0 Å². The third-order valence-electron chi connectivity index (χ3n) is 2.38. The topological polar surface area (TPSA) is 24.9 Å². The lowest BCUT2D eigenvalue weighted by Gasteiger charge is -2.06. The molecular formula is C13H21BrN2. The van der Waals surface area contributed by atoms with Crippen LogP contribution in [-0.4, -0.2) is 18.1 Å². The van der Waals surface area contributed by atoms with E-state index in [4.69, 9.17) is 0 Å². The largest absolute Gasteiger partial charge is 0.316 e. The summed E-state index contributed by atoms with van der Waals surface area (Å²) in [5.41, 5.74) is 1.19. The summed E-state index contributed by atoms with van der Waals surface area (Å²) < 4.78 is 1.05. The zero-order valence-electron chi connectivity index (χ0n) is 10.2. The molecule has 0 amide bonds. The van der Waals surface area contributed by atoms with Crippen LogP contribution in [0.15, 0.2) is 22.8 Å². The van der Waals surface area contributed by atoms with Crippen LogP contribution in [0.4, 0.5) is 0 Å². The van der Waals surface area contributed by atoms with Crippen LogP contribution in [0.5, 0.6) is 0 Å². The van der Waals surface area contributed by atoms with Gasteiger partial charge >= 0.3 is 0 Å². The quantitative estimate of drug-likeness (QED) is 0.777. The van der Waals surface area contributed by atoms with Crippen molar-refractivity contribution < 1.29 is 0 Å². The van der Waals surface area contributed by atoms with Gasteiger partial charge in [-0.15, -0.1) is 0 Å². The Morgan fingerprint density at radius 3 is 2.75 bits per heavy atom. The molecule has 1 aromatic rings. The molecule has 0 radical (unpaired) electrons. The molecule has 0 bridgehead atoms. The van der Waals surface area contributed by atoms with Crippen LogP contribution < -0.4 is 5.32 Å². The predicted octanol–water partition coefficient (Wildman–Crippen LogP) is 3.41. The summed E-state index contributed by atoms with van der Waals surface area (Å²) in [5.74, 6) is 0.744. The second kappa shape index (κ2) is 7.80. The SMILES string of the molecule is CC(C)CNCCCCc1ccc(Br)cn1. The summed E-state index contributed by atoms with van der Waals surface area (Å²) in [6.07, 6.45) is 5.38. The highest BCUT2D eigenvalue weighted by Gasteiger charge is 1.96. The Kier molecular flexibility index (Phi) is 6.65. The van der Waals surface area contributed by atoms with Crippen molar-refractivity contribution in [3.05, 3.63) is 28.5 Å². The van der Waals surface area contributed by atoms with E-state index in [0.29, 0.717) is 0 Å². The average molecular weight is 285 g/mol. The Hall–Kier alpha value is -0.410. The van der Waals surface area contributed by atoms with Crippen molar-refractivity contribution in [2.24, 2.45) is 5.92 Å². The van der Waals surface area contributed by atoms with Gasteiger partial charge in [0.15, 0.2) is 0 Å². The first kappa shape index (κ1) is 13.7. The molecular weight excluding hydrogens is 264 g/mol. The average Bonchev–Trinajstić information content (AvgIpc) is 2.25. The third kappa shape index (κ3) is 6.23. The summed E-state index contributed by atoms with van der Waals surface area (Å²) in [5, 5.41) is 3.45. The number of aryl methyl sites for hydroxylation is 1. The number of nitrogens with one attached hydrogen (secondary N) is 1. The molecule has 0 atom stereocenters. The number of unbranched alkanes of at least 4 members (excludes halogenated alkanes) is 1. The van der Waals surface area contributed by atoms with Gasteiger partial charge in [0.25, 0.3) is 0 Å². The van der Waals surface area contributed by atoms with E-state index in [1.165, 1.54) is 18.5 Å². The third-order valence-corrected chi connectivity index (χ3v) is 2.85. The van der Waals surface area contributed by atoms with E-state index in [1.807, 2.05) is 6.20 Å². The second-order valence-corrected chi connectivity index (χ2v) is 5.44. The van der Waals surface area contributed by atoms with Gasteiger partial charge in [0, 0.05) is 16.4 Å². The maximum absolute atomic E-state index is 4.36. The van der Waals surface area contributed by atoms with Gasteiger partial charge in [-0.25, -0.2) is 0 Å². The number of nitrogens with zero attached hydrogens (tertiary/aromatic N) is 1. The van der Waals surface area contributed by atoms with Crippen molar-refractivity contribution in [2.75, 3.05) is 13.1 Å². The molecule has 0 aliphatic carbocycles. The van der Waals surface area contributed by atoms with Crippen LogP contribution >= 0.6 is 15.9 Å². The molecule has 0 aliphatic rings. The molecule has 1 aromatic heterocycles. The number of hydrogen-bond donors (Lipinski definition) is 1. The highest BCUT2D eigenvalue weighted by molar-refractivity contribution is 9.10. The molecule has 1 heterocycles. The van der Waals surface area contributed by atoms with Gasteiger partial charge in [0.05, 0.1) is 0 Å². The van der Waals surface area contributed by atoms with E-state index >= 15 is 0 Å². The minimum absolute atomic E-state index is 0.744. The van der Waals surface area contributed by atoms with Crippen LogP contribution in [0, 0.1) is 5.92 Å². The maximum Gasteiger partial charge on any atom is 0.0413 e. The summed E-state index contributed by atoms with van der Waals surface area (Å²) in [6.45, 7) is 6.71. The number of halogens is 1. The Morgan fingerprint density at radius 1 is 1.31 bits per heavy atom. The lowest BCUT2D eigenvalue weighted by atomic mass is 10.1. The fourth-order valence-corrected chi connectivity index (χ4v) is 1.74. The van der Waals surface area contributed by atoms with Gasteiger partial charge in [0.2, 0.25) is 0 Å². The maximum atomic E-state index is 4.36. The summed E-state index contributed by atoms with van der Waals surface area (Å²) in [6, 6.07) is 4.14. The number of hydrogen-bond acceptors (Lipinski definition) is 2. The van der Waals surface area contributed by atoms with Gasteiger partial charge in [-0.1, -0.05) is 13.8 Å². The van der Waals surface area contributed by atoms with E-state index in [-0.39, 0.29) is 0 Å². The molecule has 0 fully saturated rings. The first-order chi connectivity index (χ1) is 7.68. The van der Waals surface area contributed by atoms with Crippen LogP contribution in [-0.2, 0) is 6.42 Å². The van der Waals surface area contributed by atoms with E-state index in [1.54, 1.807) is 0 Å². The summed E-state index contributed by atoms with van der Waals surface area (Å²) in [7, 11) is 0. The van der Waals surface area contributed by atoms with Gasteiger partial charge in [-0.2, -0.15) is 0 Å². The molecule has 2 nitrogen and oxygen atoms in total.